The van der Waals surface area contributed by atoms with Gasteiger partial charge in [0.2, 0.25) is 0 Å². The van der Waals surface area contributed by atoms with Crippen LogP contribution in [0, 0.1) is 6.92 Å². The van der Waals surface area contributed by atoms with Gasteiger partial charge in [0.25, 0.3) is 5.91 Å². The van der Waals surface area contributed by atoms with Gasteiger partial charge in [0.05, 0.1) is 17.4 Å². The van der Waals surface area contributed by atoms with Crippen LogP contribution in [0.5, 0.6) is 0 Å². The molecule has 3 heterocycles. The van der Waals surface area contributed by atoms with Crippen LogP contribution in [-0.2, 0) is 12.8 Å². The Morgan fingerprint density at radius 1 is 1.36 bits per heavy atom. The van der Waals surface area contributed by atoms with Gasteiger partial charge in [-0.1, -0.05) is 5.16 Å². The van der Waals surface area contributed by atoms with E-state index in [0.717, 1.165) is 49.4 Å². The minimum absolute atomic E-state index is 0.00891. The van der Waals surface area contributed by atoms with Crippen molar-refractivity contribution in [1.29, 1.82) is 0 Å². The van der Waals surface area contributed by atoms with Gasteiger partial charge < -0.3 is 9.42 Å². The summed E-state index contributed by atoms with van der Waals surface area (Å²) < 4.78 is 5.38. The highest BCUT2D eigenvalue weighted by Crippen LogP contribution is 2.35. The van der Waals surface area contributed by atoms with E-state index in [1.807, 2.05) is 17.9 Å². The first-order chi connectivity index (χ1) is 10.7. The summed E-state index contributed by atoms with van der Waals surface area (Å²) in [5, 5.41) is 4.60. The zero-order chi connectivity index (χ0) is 15.1. The molecule has 5 nitrogen and oxygen atoms in total. The van der Waals surface area contributed by atoms with E-state index in [1.54, 1.807) is 11.3 Å². The van der Waals surface area contributed by atoms with Crippen LogP contribution in [0.2, 0.25) is 0 Å². The van der Waals surface area contributed by atoms with Crippen molar-refractivity contribution in [3.8, 4) is 0 Å². The minimum Gasteiger partial charge on any atom is -0.359 e. The van der Waals surface area contributed by atoms with Crippen molar-refractivity contribution >= 4 is 17.2 Å². The largest absolute Gasteiger partial charge is 0.359 e. The van der Waals surface area contributed by atoms with Crippen LogP contribution in [0.25, 0.3) is 0 Å². The normalized spacial score (nSPS) is 21.1. The summed E-state index contributed by atoms with van der Waals surface area (Å²) in [7, 11) is 0. The van der Waals surface area contributed by atoms with Crippen LogP contribution < -0.4 is 0 Å². The zero-order valence-electron chi connectivity index (χ0n) is 12.7. The second kappa shape index (κ2) is 5.50. The van der Waals surface area contributed by atoms with Gasteiger partial charge in [-0.05, 0) is 45.4 Å². The van der Waals surface area contributed by atoms with Gasteiger partial charge in [-0.15, -0.1) is 11.3 Å². The van der Waals surface area contributed by atoms with Crippen molar-refractivity contribution in [3.63, 3.8) is 0 Å². The summed E-state index contributed by atoms with van der Waals surface area (Å²) in [4.78, 5) is 20.7. The quantitative estimate of drug-likeness (QED) is 0.853. The molecule has 2 aromatic rings. The lowest BCUT2D eigenvalue weighted by Gasteiger charge is -2.21. The number of fused-ring (bicyclic) bond motifs is 1. The number of amides is 1. The number of carbonyl (C=O) groups is 1. The molecule has 22 heavy (non-hydrogen) atoms. The standard InChI is InChI=1S/C16H19N3O2S/c1-10-9-13(21-18-10)12-6-4-8-19(12)16(20)15-17-11-5-2-3-7-14(11)22-15/h9,12H,2-8H2,1H3. The van der Waals surface area contributed by atoms with Crippen LogP contribution in [0.4, 0.5) is 0 Å². The lowest BCUT2D eigenvalue weighted by molar-refractivity contribution is 0.0714. The highest BCUT2D eigenvalue weighted by molar-refractivity contribution is 7.13. The van der Waals surface area contributed by atoms with Crippen LogP contribution in [0.1, 0.15) is 63.6 Å². The monoisotopic (exact) mass is 317 g/mol. The average molecular weight is 317 g/mol. The Balaban J connectivity index is 1.60. The van der Waals surface area contributed by atoms with Crippen LogP contribution >= 0.6 is 11.3 Å². The highest BCUT2D eigenvalue weighted by Gasteiger charge is 2.35. The number of aromatic nitrogens is 2. The molecule has 0 radical (unpaired) electrons. The van der Waals surface area contributed by atoms with Gasteiger partial charge in [0.1, 0.15) is 0 Å². The Bertz CT molecular complexity index is 683. The number of carbonyl (C=O) groups excluding carboxylic acids is 1. The first-order valence-electron chi connectivity index (χ1n) is 7.95. The van der Waals surface area contributed by atoms with Crippen molar-refractivity contribution in [2.75, 3.05) is 6.54 Å². The summed E-state index contributed by atoms with van der Waals surface area (Å²) in [6.45, 7) is 2.68. The second-order valence-corrected chi connectivity index (χ2v) is 7.21. The van der Waals surface area contributed by atoms with Crippen molar-refractivity contribution in [2.45, 2.75) is 51.5 Å². The molecule has 1 saturated heterocycles. The smallest absolute Gasteiger partial charge is 0.283 e. The minimum atomic E-state index is 0.00891. The topological polar surface area (TPSA) is 59.2 Å². The predicted molar refractivity (Wildman–Crippen MR) is 83.0 cm³/mol. The molecule has 0 spiro atoms. The Kier molecular flexibility index (Phi) is 3.48. The van der Waals surface area contributed by atoms with Gasteiger partial charge >= 0.3 is 0 Å². The molecule has 0 N–H and O–H groups in total. The third-order valence-electron chi connectivity index (χ3n) is 4.52. The molecule has 6 heteroatoms. The van der Waals surface area contributed by atoms with Gasteiger partial charge in [-0.25, -0.2) is 4.98 Å². The number of hydrogen-bond donors (Lipinski definition) is 0. The van der Waals surface area contributed by atoms with E-state index in [9.17, 15) is 4.79 Å². The molecule has 2 aromatic heterocycles. The Morgan fingerprint density at radius 2 is 2.23 bits per heavy atom. The molecule has 1 aliphatic carbocycles. The zero-order valence-corrected chi connectivity index (χ0v) is 13.5. The molecular formula is C16H19N3O2S. The Labute approximate surface area is 133 Å². The fourth-order valence-corrected chi connectivity index (χ4v) is 4.52. The second-order valence-electron chi connectivity index (χ2n) is 6.12. The maximum atomic E-state index is 12.9. The lowest BCUT2D eigenvalue weighted by atomic mass is 10.0. The summed E-state index contributed by atoms with van der Waals surface area (Å²) in [6, 6.07) is 1.94. The molecular weight excluding hydrogens is 298 g/mol. The summed E-state index contributed by atoms with van der Waals surface area (Å²) in [6.07, 6.45) is 6.43. The molecule has 4 rings (SSSR count). The van der Waals surface area contributed by atoms with Gasteiger partial charge in [0, 0.05) is 17.5 Å². The van der Waals surface area contributed by atoms with E-state index in [0.29, 0.717) is 5.01 Å². The number of likely N-dealkylation sites (tertiary alicyclic amines) is 1. The van der Waals surface area contributed by atoms with Gasteiger partial charge in [-0.3, -0.25) is 4.79 Å². The number of nitrogens with zero attached hydrogens (tertiary/aromatic N) is 3. The summed E-state index contributed by atoms with van der Waals surface area (Å²) in [5.74, 6) is 0.848. The van der Waals surface area contributed by atoms with E-state index in [2.05, 4.69) is 10.1 Å². The molecule has 1 unspecified atom stereocenters. The Hall–Kier alpha value is -1.69. The molecule has 0 bridgehead atoms. The van der Waals surface area contributed by atoms with Gasteiger partial charge in [0.15, 0.2) is 10.8 Å². The molecule has 1 amide bonds. The third kappa shape index (κ3) is 2.35. The predicted octanol–water partition coefficient (Wildman–Crippen LogP) is 3.30. The van der Waals surface area contributed by atoms with Crippen molar-refractivity contribution in [1.82, 2.24) is 15.0 Å². The fraction of sp³-hybridized carbons (Fsp3) is 0.562. The maximum Gasteiger partial charge on any atom is 0.283 e. The molecule has 1 aliphatic heterocycles. The molecule has 0 aromatic carbocycles. The molecule has 1 atom stereocenters. The summed E-state index contributed by atoms with van der Waals surface area (Å²) in [5.41, 5.74) is 2.00. The van der Waals surface area contributed by atoms with Crippen molar-refractivity contribution < 1.29 is 9.32 Å². The van der Waals surface area contributed by atoms with Crippen LogP contribution in [0.3, 0.4) is 0 Å². The maximum absolute atomic E-state index is 12.9. The molecule has 1 fully saturated rings. The molecule has 0 saturated carbocycles. The molecule has 2 aliphatic rings. The fourth-order valence-electron chi connectivity index (χ4n) is 3.41. The first-order valence-corrected chi connectivity index (χ1v) is 8.77. The Morgan fingerprint density at radius 3 is 3.00 bits per heavy atom. The summed E-state index contributed by atoms with van der Waals surface area (Å²) >= 11 is 1.58. The third-order valence-corrected chi connectivity index (χ3v) is 5.66. The first kappa shape index (κ1) is 13.9. The van der Waals surface area contributed by atoms with Crippen molar-refractivity contribution in [3.05, 3.63) is 33.1 Å². The van der Waals surface area contributed by atoms with Crippen LogP contribution in [0.15, 0.2) is 10.6 Å². The van der Waals surface area contributed by atoms with E-state index in [1.165, 1.54) is 17.7 Å². The van der Waals surface area contributed by atoms with Crippen molar-refractivity contribution in [2.24, 2.45) is 0 Å². The van der Waals surface area contributed by atoms with E-state index in [4.69, 9.17) is 4.52 Å². The molecule has 116 valence electrons. The van der Waals surface area contributed by atoms with Gasteiger partial charge in [-0.2, -0.15) is 0 Å². The average Bonchev–Trinajstić information content (AvgIpc) is 3.24. The van der Waals surface area contributed by atoms with E-state index < -0.39 is 0 Å². The number of hydrogen-bond acceptors (Lipinski definition) is 5. The lowest BCUT2D eigenvalue weighted by Crippen LogP contribution is -2.30. The van der Waals surface area contributed by atoms with E-state index >= 15 is 0 Å². The number of thiazole rings is 1. The number of rotatable bonds is 2. The SMILES string of the molecule is Cc1cc(C2CCCN2C(=O)c2nc3c(s2)CCCC3)on1. The number of aryl methyl sites for hydroxylation is 3. The van der Waals surface area contributed by atoms with Crippen LogP contribution in [-0.4, -0.2) is 27.5 Å². The highest BCUT2D eigenvalue weighted by atomic mass is 32.1. The van der Waals surface area contributed by atoms with E-state index in [-0.39, 0.29) is 11.9 Å².